The maximum Gasteiger partial charge on any atom is 0.261 e. The first-order valence-electron chi connectivity index (χ1n) is 5.66. The number of nitrogens with one attached hydrogen (secondary N) is 1. The zero-order chi connectivity index (χ0) is 14.4. The van der Waals surface area contributed by atoms with Crippen molar-refractivity contribution in [3.05, 3.63) is 29.8 Å². The van der Waals surface area contributed by atoms with E-state index >= 15 is 0 Å². The third-order valence-electron chi connectivity index (χ3n) is 2.37. The van der Waals surface area contributed by atoms with E-state index in [2.05, 4.69) is 26.1 Å². The van der Waals surface area contributed by atoms with Crippen LogP contribution in [0.15, 0.2) is 34.3 Å². The van der Waals surface area contributed by atoms with E-state index in [0.717, 1.165) is 5.56 Å². The van der Waals surface area contributed by atoms with Crippen LogP contribution < -0.4 is 11.2 Å². The van der Waals surface area contributed by atoms with Crippen LogP contribution >= 0.6 is 11.8 Å². The molecule has 0 aliphatic rings. The van der Waals surface area contributed by atoms with Gasteiger partial charge in [-0.2, -0.15) is 5.10 Å². The van der Waals surface area contributed by atoms with E-state index in [-0.39, 0.29) is 18.4 Å². The molecule has 0 spiro atoms. The van der Waals surface area contributed by atoms with Crippen molar-refractivity contribution in [3.63, 3.8) is 0 Å². The molecule has 2 rings (SSSR count). The summed E-state index contributed by atoms with van der Waals surface area (Å²) < 4.78 is 1.18. The highest BCUT2D eigenvalue weighted by atomic mass is 32.2. The van der Waals surface area contributed by atoms with Gasteiger partial charge in [-0.15, -0.1) is 11.8 Å². The number of benzene rings is 1. The monoisotopic (exact) mass is 291 g/mol. The quantitative estimate of drug-likeness (QED) is 0.460. The van der Waals surface area contributed by atoms with Crippen molar-refractivity contribution in [2.75, 3.05) is 12.0 Å². The van der Waals surface area contributed by atoms with E-state index in [1.54, 1.807) is 18.0 Å². The molecule has 9 heteroatoms. The molecule has 0 radical (unpaired) electrons. The molecule has 0 saturated heterocycles. The number of hydrogen-bond acceptors (Lipinski definition) is 7. The second kappa shape index (κ2) is 6.66. The number of nitrogen functional groups attached to an aromatic ring is 1. The van der Waals surface area contributed by atoms with E-state index in [9.17, 15) is 4.79 Å². The number of thioether (sulfide) groups is 1. The molecule has 20 heavy (non-hydrogen) atoms. The second-order valence-electron chi connectivity index (χ2n) is 3.76. The average molecular weight is 291 g/mol. The van der Waals surface area contributed by atoms with Crippen LogP contribution in [0.25, 0.3) is 0 Å². The number of rotatable bonds is 5. The first kappa shape index (κ1) is 14.0. The smallest absolute Gasteiger partial charge is 0.261 e. The van der Waals surface area contributed by atoms with Gasteiger partial charge in [0.15, 0.2) is 0 Å². The normalized spacial score (nSPS) is 10.8. The number of nitrogens with two attached hydrogens (primary N) is 1. The third kappa shape index (κ3) is 3.79. The number of hydrogen-bond donors (Lipinski definition) is 2. The number of aromatic nitrogens is 4. The lowest BCUT2D eigenvalue weighted by Gasteiger charge is -2.00. The molecule has 2 aromatic rings. The van der Waals surface area contributed by atoms with Crippen molar-refractivity contribution in [2.45, 2.75) is 11.4 Å². The molecule has 104 valence electrons. The third-order valence-corrected chi connectivity index (χ3v) is 3.12. The number of anilines is 1. The molecule has 0 unspecified atom stereocenters. The van der Waals surface area contributed by atoms with Gasteiger partial charge in [-0.1, -0.05) is 17.2 Å². The summed E-state index contributed by atoms with van der Waals surface area (Å²) in [7, 11) is 0. The summed E-state index contributed by atoms with van der Waals surface area (Å²) >= 11 is 1.66. The lowest BCUT2D eigenvalue weighted by atomic mass is 10.2. The van der Waals surface area contributed by atoms with Crippen molar-refractivity contribution in [1.29, 1.82) is 0 Å². The van der Waals surface area contributed by atoms with E-state index < -0.39 is 0 Å². The Labute approximate surface area is 119 Å². The summed E-state index contributed by atoms with van der Waals surface area (Å²) in [5.74, 6) is -0.280. The van der Waals surface area contributed by atoms with Gasteiger partial charge in [-0.25, -0.2) is 10.1 Å². The number of amides is 1. The predicted molar refractivity (Wildman–Crippen MR) is 76.2 cm³/mol. The molecule has 8 nitrogen and oxygen atoms in total. The molecule has 1 aromatic carbocycles. The first-order valence-corrected chi connectivity index (χ1v) is 6.89. The summed E-state index contributed by atoms with van der Waals surface area (Å²) in [5.41, 5.74) is 8.71. The zero-order valence-corrected chi connectivity index (χ0v) is 11.5. The minimum atomic E-state index is -0.360. The Morgan fingerprint density at radius 2 is 2.25 bits per heavy atom. The van der Waals surface area contributed by atoms with Crippen LogP contribution in [0.2, 0.25) is 0 Å². The molecule has 1 amide bonds. The Morgan fingerprint density at radius 3 is 2.85 bits per heavy atom. The molecule has 0 aliphatic heterocycles. The SMILES string of the molecule is CSc1ccc(/C=N\NC(=O)Cn2nnnc2N)cc1. The van der Waals surface area contributed by atoms with Gasteiger partial charge in [-0.3, -0.25) is 4.79 Å². The van der Waals surface area contributed by atoms with Gasteiger partial charge in [0.25, 0.3) is 5.91 Å². The van der Waals surface area contributed by atoms with E-state index in [1.807, 2.05) is 30.5 Å². The maximum atomic E-state index is 11.6. The van der Waals surface area contributed by atoms with Gasteiger partial charge in [0.1, 0.15) is 6.54 Å². The summed E-state index contributed by atoms with van der Waals surface area (Å²) in [6, 6.07) is 7.80. The largest absolute Gasteiger partial charge is 0.367 e. The van der Waals surface area contributed by atoms with Crippen LogP contribution in [0.1, 0.15) is 5.56 Å². The zero-order valence-electron chi connectivity index (χ0n) is 10.7. The minimum absolute atomic E-state index is 0.0804. The van der Waals surface area contributed by atoms with Gasteiger partial charge in [0.05, 0.1) is 6.21 Å². The van der Waals surface area contributed by atoms with Crippen molar-refractivity contribution < 1.29 is 4.79 Å². The maximum absolute atomic E-state index is 11.6. The Hall–Kier alpha value is -2.42. The van der Waals surface area contributed by atoms with Crippen LogP contribution in [-0.2, 0) is 11.3 Å². The van der Waals surface area contributed by atoms with Crippen LogP contribution in [0.3, 0.4) is 0 Å². The Bertz CT molecular complexity index is 607. The summed E-state index contributed by atoms with van der Waals surface area (Å²) in [4.78, 5) is 12.7. The van der Waals surface area contributed by atoms with Crippen LogP contribution in [0.4, 0.5) is 5.95 Å². The van der Waals surface area contributed by atoms with Crippen molar-refractivity contribution in [2.24, 2.45) is 5.10 Å². The minimum Gasteiger partial charge on any atom is -0.367 e. The van der Waals surface area contributed by atoms with Gasteiger partial charge in [-0.05, 0) is 34.4 Å². The molecule has 0 aliphatic carbocycles. The molecular formula is C11H13N7OS. The van der Waals surface area contributed by atoms with Gasteiger partial charge >= 0.3 is 0 Å². The second-order valence-corrected chi connectivity index (χ2v) is 4.64. The highest BCUT2D eigenvalue weighted by Crippen LogP contribution is 2.13. The van der Waals surface area contributed by atoms with Gasteiger partial charge < -0.3 is 5.73 Å². The number of hydrazone groups is 1. The number of carbonyl (C=O) groups is 1. The molecule has 0 saturated carbocycles. The Morgan fingerprint density at radius 1 is 1.50 bits per heavy atom. The fourth-order valence-corrected chi connectivity index (χ4v) is 1.77. The standard InChI is InChI=1S/C11H13N7OS/c1-20-9-4-2-8(3-5-9)6-13-14-10(19)7-18-11(12)15-16-17-18/h2-6H,7H2,1H3,(H,14,19)(H2,12,15,17)/b13-6-. The van der Waals surface area contributed by atoms with Crippen molar-refractivity contribution in [1.82, 2.24) is 25.6 Å². The highest BCUT2D eigenvalue weighted by Gasteiger charge is 2.06. The molecular weight excluding hydrogens is 278 g/mol. The predicted octanol–water partition coefficient (Wildman–Crippen LogP) is 0.127. The van der Waals surface area contributed by atoms with Crippen molar-refractivity contribution >= 4 is 29.8 Å². The molecule has 0 atom stereocenters. The topological polar surface area (TPSA) is 111 Å². The summed E-state index contributed by atoms with van der Waals surface area (Å²) in [6.45, 7) is -0.0818. The number of nitrogens with zero attached hydrogens (tertiary/aromatic N) is 5. The Balaban J connectivity index is 1.86. The summed E-state index contributed by atoms with van der Waals surface area (Å²) in [6.07, 6.45) is 3.57. The lowest BCUT2D eigenvalue weighted by Crippen LogP contribution is -2.24. The number of tetrazole rings is 1. The average Bonchev–Trinajstić information content (AvgIpc) is 2.85. The van der Waals surface area contributed by atoms with Crippen LogP contribution in [0.5, 0.6) is 0 Å². The van der Waals surface area contributed by atoms with Crippen molar-refractivity contribution in [3.8, 4) is 0 Å². The van der Waals surface area contributed by atoms with E-state index in [4.69, 9.17) is 5.73 Å². The van der Waals surface area contributed by atoms with E-state index in [0.29, 0.717) is 0 Å². The Kier molecular flexibility index (Phi) is 4.66. The molecule has 1 aromatic heterocycles. The fourth-order valence-electron chi connectivity index (χ4n) is 1.36. The molecule has 0 bridgehead atoms. The van der Waals surface area contributed by atoms with Gasteiger partial charge in [0.2, 0.25) is 5.95 Å². The highest BCUT2D eigenvalue weighted by molar-refractivity contribution is 7.98. The number of carbonyl (C=O) groups excluding carboxylic acids is 1. The van der Waals surface area contributed by atoms with Gasteiger partial charge in [0, 0.05) is 4.90 Å². The first-order chi connectivity index (χ1) is 9.69. The summed E-state index contributed by atoms with van der Waals surface area (Å²) in [5, 5.41) is 14.2. The van der Waals surface area contributed by atoms with E-state index in [1.165, 1.54) is 9.58 Å². The fraction of sp³-hybridized carbons (Fsp3) is 0.182. The van der Waals surface area contributed by atoms with Crippen LogP contribution in [-0.4, -0.2) is 38.6 Å². The molecule has 0 fully saturated rings. The van der Waals surface area contributed by atoms with Crippen LogP contribution in [0, 0.1) is 0 Å². The molecule has 3 N–H and O–H groups in total. The lowest BCUT2D eigenvalue weighted by molar-refractivity contribution is -0.121. The molecule has 1 heterocycles.